The largest absolute Gasteiger partial charge is 0.456 e. The Balaban J connectivity index is 1.26. The van der Waals surface area contributed by atoms with Gasteiger partial charge in [0.15, 0.2) is 17.5 Å². The van der Waals surface area contributed by atoms with Crippen LogP contribution in [-0.2, 0) is 0 Å². The number of aromatic nitrogens is 4. The highest BCUT2D eigenvalue weighted by molar-refractivity contribution is 6.69. The summed E-state index contributed by atoms with van der Waals surface area (Å²) >= 11 is 0. The Morgan fingerprint density at radius 2 is 0.852 bits per heavy atom. The fourth-order valence-electron chi connectivity index (χ4n) is 7.15. The minimum Gasteiger partial charge on any atom is -0.456 e. The maximum Gasteiger partial charge on any atom is 0.164 e. The van der Waals surface area contributed by atoms with Crippen LogP contribution in [0.25, 0.3) is 83.6 Å². The van der Waals surface area contributed by atoms with Gasteiger partial charge in [-0.3, -0.25) is 0 Å². The molecule has 6 aromatic carbocycles. The van der Waals surface area contributed by atoms with E-state index in [0.29, 0.717) is 16.7 Å². The lowest BCUT2D eigenvalue weighted by Crippen LogP contribution is -2.55. The van der Waals surface area contributed by atoms with E-state index in [0.717, 1.165) is 27.5 Å². The lowest BCUT2D eigenvalue weighted by molar-refractivity contribution is 0.668. The molecule has 0 amide bonds. The van der Waals surface area contributed by atoms with Crippen molar-refractivity contribution < 1.29 is 4.42 Å². The SMILES string of the molecule is [B]c1c([B])c([B])c(-c2nc(-c3ccc4oc5cc(-n6c7ccccc7c7ccccc76)ccc5c4c3)nc(-c3c([B])c([B])c([B])c([B])c3[B])n2)c([B])c1[B]. The highest BCUT2D eigenvalue weighted by Gasteiger charge is 2.22. The topological polar surface area (TPSA) is 56.7 Å². The minimum absolute atomic E-state index is 0.0177. The van der Waals surface area contributed by atoms with Gasteiger partial charge < -0.3 is 8.98 Å². The van der Waals surface area contributed by atoms with E-state index in [9.17, 15) is 0 Å². The van der Waals surface area contributed by atoms with Crippen molar-refractivity contribution in [2.45, 2.75) is 0 Å². The van der Waals surface area contributed by atoms with Crippen LogP contribution in [0.3, 0.4) is 0 Å². The molecule has 0 N–H and O–H groups in total. The first kappa shape index (κ1) is 34.4. The zero-order valence-corrected chi connectivity index (χ0v) is 28.6. The van der Waals surface area contributed by atoms with Crippen LogP contribution in [0.5, 0.6) is 0 Å². The smallest absolute Gasteiger partial charge is 0.164 e. The van der Waals surface area contributed by atoms with Gasteiger partial charge in [-0.1, -0.05) is 58.2 Å². The second kappa shape index (κ2) is 12.6. The third kappa shape index (κ3) is 5.04. The van der Waals surface area contributed by atoms with Gasteiger partial charge in [0.1, 0.15) is 89.6 Å². The summed E-state index contributed by atoms with van der Waals surface area (Å²) in [7, 11) is 63.0. The van der Waals surface area contributed by atoms with Crippen LogP contribution in [0, 0.1) is 0 Å². The number of rotatable bonds is 4. The van der Waals surface area contributed by atoms with Crippen molar-refractivity contribution in [1.82, 2.24) is 19.5 Å². The van der Waals surface area contributed by atoms with Gasteiger partial charge in [0.25, 0.3) is 0 Å². The molecule has 3 aromatic heterocycles. The molecular formula is C39H14B10N4O. The van der Waals surface area contributed by atoms with E-state index in [1.54, 1.807) is 0 Å². The molecule has 0 aliphatic rings. The Kier molecular flexibility index (Phi) is 8.00. The van der Waals surface area contributed by atoms with Gasteiger partial charge >= 0.3 is 0 Å². The molecule has 15 heteroatoms. The van der Waals surface area contributed by atoms with E-state index in [4.69, 9.17) is 92.8 Å². The summed E-state index contributed by atoms with van der Waals surface area (Å²) < 4.78 is 8.65. The summed E-state index contributed by atoms with van der Waals surface area (Å²) in [5, 5.41) is 4.03. The van der Waals surface area contributed by atoms with Gasteiger partial charge in [0.05, 0.1) is 11.0 Å². The first-order valence-corrected chi connectivity index (χ1v) is 16.7. The highest BCUT2D eigenvalue weighted by Crippen LogP contribution is 2.36. The van der Waals surface area contributed by atoms with Crippen LogP contribution in [0.2, 0.25) is 0 Å². The molecule has 0 saturated heterocycles. The van der Waals surface area contributed by atoms with Gasteiger partial charge in [0, 0.05) is 50.0 Å². The molecule has 20 radical (unpaired) electrons. The third-order valence-electron chi connectivity index (χ3n) is 10.0. The summed E-state index contributed by atoms with van der Waals surface area (Å²) in [6.07, 6.45) is 0. The molecule has 54 heavy (non-hydrogen) atoms. The van der Waals surface area contributed by atoms with Crippen molar-refractivity contribution in [3.8, 4) is 39.9 Å². The number of benzene rings is 6. The predicted molar refractivity (Wildman–Crippen MR) is 232 cm³/mol. The van der Waals surface area contributed by atoms with Crippen LogP contribution in [0.4, 0.5) is 0 Å². The Morgan fingerprint density at radius 3 is 1.37 bits per heavy atom. The molecule has 0 bridgehead atoms. The van der Waals surface area contributed by atoms with E-state index in [-0.39, 0.29) is 83.2 Å². The van der Waals surface area contributed by atoms with Crippen molar-refractivity contribution in [3.05, 3.63) is 84.9 Å². The van der Waals surface area contributed by atoms with Gasteiger partial charge in [0.2, 0.25) is 0 Å². The Morgan fingerprint density at radius 1 is 0.389 bits per heavy atom. The summed E-state index contributed by atoms with van der Waals surface area (Å²) in [4.78, 5) is 14.3. The third-order valence-corrected chi connectivity index (χ3v) is 10.0. The lowest BCUT2D eigenvalue weighted by atomic mass is 9.60. The van der Waals surface area contributed by atoms with Crippen molar-refractivity contribution in [1.29, 1.82) is 0 Å². The molecule has 226 valence electrons. The molecule has 0 spiro atoms. The van der Waals surface area contributed by atoms with E-state index >= 15 is 0 Å². The second-order valence-corrected chi connectivity index (χ2v) is 13.1. The van der Waals surface area contributed by atoms with Gasteiger partial charge in [-0.15, -0.1) is 32.8 Å². The standard InChI is InChI=1S/C39H14B10N4O/c40-27-25(28(41)32(45)35(48)31(27)44)38-50-37(51-39(52-38)26-29(42)33(46)36(49)34(47)30(26)43)15-9-12-23-20(13-15)19-11-10-16(14-24(19)54-23)53-21-7-3-1-5-17(21)18-6-2-4-8-22(18)53/h1-14H. The molecule has 3 heterocycles. The van der Waals surface area contributed by atoms with Gasteiger partial charge in [-0.2, -0.15) is 0 Å². The first-order chi connectivity index (χ1) is 25.9. The maximum atomic E-state index is 6.46. The minimum atomic E-state index is 0.0177. The van der Waals surface area contributed by atoms with Gasteiger partial charge in [-0.05, 0) is 42.5 Å². The van der Waals surface area contributed by atoms with E-state index < -0.39 is 0 Å². The molecule has 0 fully saturated rings. The summed E-state index contributed by atoms with van der Waals surface area (Å²) in [5.41, 5.74) is 5.61. The lowest BCUT2D eigenvalue weighted by Gasteiger charge is -2.22. The zero-order chi connectivity index (χ0) is 37.7. The van der Waals surface area contributed by atoms with Crippen LogP contribution >= 0.6 is 0 Å². The van der Waals surface area contributed by atoms with Crippen LogP contribution in [-0.4, -0.2) is 98.0 Å². The van der Waals surface area contributed by atoms with Crippen molar-refractivity contribution >= 4 is 177 Å². The Labute approximate surface area is 324 Å². The van der Waals surface area contributed by atoms with Crippen molar-refractivity contribution in [2.75, 3.05) is 0 Å². The Hall–Kier alpha value is -5.42. The van der Waals surface area contributed by atoms with Crippen LogP contribution in [0.15, 0.2) is 89.3 Å². The average Bonchev–Trinajstić information content (AvgIpc) is 3.72. The molecule has 0 aliphatic heterocycles. The number of hydrogen-bond acceptors (Lipinski definition) is 4. The number of para-hydroxylation sites is 2. The van der Waals surface area contributed by atoms with Crippen molar-refractivity contribution in [2.24, 2.45) is 0 Å². The average molecular weight is 663 g/mol. The normalized spacial score (nSPS) is 11.7. The molecule has 0 saturated carbocycles. The van der Waals surface area contributed by atoms with E-state index in [1.165, 1.54) is 10.8 Å². The van der Waals surface area contributed by atoms with E-state index in [2.05, 4.69) is 39.9 Å². The first-order valence-electron chi connectivity index (χ1n) is 16.7. The molecule has 0 aliphatic carbocycles. The Bertz CT molecular complexity index is 2880. The predicted octanol–water partition coefficient (Wildman–Crippen LogP) is -2.19. The zero-order valence-electron chi connectivity index (χ0n) is 28.6. The van der Waals surface area contributed by atoms with Crippen molar-refractivity contribution in [3.63, 3.8) is 0 Å². The second-order valence-electron chi connectivity index (χ2n) is 13.1. The van der Waals surface area contributed by atoms with Gasteiger partial charge in [-0.25, -0.2) is 15.0 Å². The highest BCUT2D eigenvalue weighted by atomic mass is 16.3. The monoisotopic (exact) mass is 664 g/mol. The number of nitrogens with zero attached hydrogens (tertiary/aromatic N) is 4. The molecule has 9 aromatic rings. The van der Waals surface area contributed by atoms with Crippen LogP contribution < -0.4 is 54.6 Å². The molecule has 9 rings (SSSR count). The van der Waals surface area contributed by atoms with Crippen LogP contribution in [0.1, 0.15) is 0 Å². The number of furan rings is 1. The fraction of sp³-hybridized carbons (Fsp3) is 0. The number of fused-ring (bicyclic) bond motifs is 6. The summed E-state index contributed by atoms with van der Waals surface area (Å²) in [6, 6.07) is 28.4. The summed E-state index contributed by atoms with van der Waals surface area (Å²) in [6.45, 7) is 0. The molecule has 5 nitrogen and oxygen atoms in total. The molecule has 0 atom stereocenters. The molecular weight excluding hydrogens is 649 g/mol. The molecule has 0 unspecified atom stereocenters. The van der Waals surface area contributed by atoms with E-state index in [1.807, 2.05) is 54.6 Å². The quantitative estimate of drug-likeness (QED) is 0.201. The fourth-order valence-corrected chi connectivity index (χ4v) is 7.15. The number of hydrogen-bond donors (Lipinski definition) is 0. The maximum absolute atomic E-state index is 6.46. The summed E-state index contributed by atoms with van der Waals surface area (Å²) in [5.74, 6) is 0.238.